The number of hydrogen-bond acceptors (Lipinski definition) is 6. The van der Waals surface area contributed by atoms with Crippen molar-refractivity contribution in [2.24, 2.45) is 0 Å². The highest BCUT2D eigenvalue weighted by Crippen LogP contribution is 2.46. The van der Waals surface area contributed by atoms with Gasteiger partial charge >= 0.3 is 11.9 Å². The normalized spacial score (nSPS) is 18.4. The molecule has 0 aromatic heterocycles. The summed E-state index contributed by atoms with van der Waals surface area (Å²) in [5.41, 5.74) is 1.56. The Hall–Kier alpha value is -2.73. The van der Waals surface area contributed by atoms with Crippen molar-refractivity contribution in [1.29, 1.82) is 0 Å². The van der Waals surface area contributed by atoms with Gasteiger partial charge in [0.15, 0.2) is 0 Å². The monoisotopic (exact) mass is 510 g/mol. The van der Waals surface area contributed by atoms with E-state index in [4.69, 9.17) is 9.47 Å². The number of rotatable bonds is 9. The largest absolute Gasteiger partial charge is 0.511 e. The molecule has 0 bridgehead atoms. The molecule has 1 aliphatic rings. The predicted molar refractivity (Wildman–Crippen MR) is 144 cm³/mol. The van der Waals surface area contributed by atoms with Crippen LogP contribution in [0.4, 0.5) is 0 Å². The first-order chi connectivity index (χ1) is 16.9. The molecule has 0 fully saturated rings. The van der Waals surface area contributed by atoms with Crippen molar-refractivity contribution in [2.45, 2.75) is 95.7 Å². The molecule has 0 spiro atoms. The summed E-state index contributed by atoms with van der Waals surface area (Å²) < 4.78 is 11.5. The molecule has 2 aromatic carbocycles. The van der Waals surface area contributed by atoms with Crippen LogP contribution in [0.5, 0.6) is 0 Å². The van der Waals surface area contributed by atoms with Crippen molar-refractivity contribution in [3.63, 3.8) is 0 Å². The number of hydrogen-bond donors (Lipinski definition) is 1. The Labute approximate surface area is 219 Å². The topological polar surface area (TPSA) is 72.8 Å². The summed E-state index contributed by atoms with van der Waals surface area (Å²) >= 11 is 1.28. The molecule has 2 aromatic rings. The van der Waals surface area contributed by atoms with Gasteiger partial charge in [-0.25, -0.2) is 4.79 Å². The molecule has 1 N–H and O–H groups in total. The summed E-state index contributed by atoms with van der Waals surface area (Å²) in [7, 11) is 0. The van der Waals surface area contributed by atoms with Gasteiger partial charge in [-0.2, -0.15) is 0 Å². The number of carbonyl (C=O) groups excluding carboxylic acids is 2. The third-order valence-electron chi connectivity index (χ3n) is 6.12. The Bertz CT molecular complexity index is 1110. The zero-order valence-corrected chi connectivity index (χ0v) is 23.0. The van der Waals surface area contributed by atoms with Crippen molar-refractivity contribution in [3.8, 4) is 0 Å². The number of aryl methyl sites for hydroxylation is 1. The molecule has 0 radical (unpaired) electrons. The minimum atomic E-state index is -0.978. The Morgan fingerprint density at radius 3 is 2.44 bits per heavy atom. The summed E-state index contributed by atoms with van der Waals surface area (Å²) in [4.78, 5) is 26.6. The maximum atomic E-state index is 13.3. The number of unbranched alkanes of at least 4 members (excludes halogenated alkanes) is 1. The third-order valence-corrected chi connectivity index (χ3v) is 7.30. The van der Waals surface area contributed by atoms with Crippen molar-refractivity contribution in [3.05, 3.63) is 75.9 Å². The molecular formula is C30H38O5S. The smallest absolute Gasteiger partial charge is 0.349 e. The fraction of sp³-hybridized carbons (Fsp3) is 0.467. The van der Waals surface area contributed by atoms with Crippen LogP contribution in [0.1, 0.15) is 89.3 Å². The van der Waals surface area contributed by atoms with Crippen LogP contribution in [0.3, 0.4) is 0 Å². The Balaban J connectivity index is 1.82. The lowest BCUT2D eigenvalue weighted by atomic mass is 9.83. The van der Waals surface area contributed by atoms with Crippen LogP contribution in [0.15, 0.2) is 64.1 Å². The second-order valence-corrected chi connectivity index (χ2v) is 11.8. The van der Waals surface area contributed by atoms with Gasteiger partial charge in [-0.15, -0.1) is 0 Å². The van der Waals surface area contributed by atoms with E-state index in [1.54, 1.807) is 0 Å². The second-order valence-electron chi connectivity index (χ2n) is 10.8. The number of ether oxygens (including phenoxy) is 2. The van der Waals surface area contributed by atoms with E-state index in [2.05, 4.69) is 26.0 Å². The molecule has 1 aliphatic heterocycles. The molecule has 0 aliphatic carbocycles. The highest BCUT2D eigenvalue weighted by molar-refractivity contribution is 8.04. The second kappa shape index (κ2) is 11.5. The van der Waals surface area contributed by atoms with Crippen molar-refractivity contribution in [1.82, 2.24) is 0 Å². The van der Waals surface area contributed by atoms with E-state index in [0.29, 0.717) is 25.7 Å². The minimum absolute atomic E-state index is 0.0449. The van der Waals surface area contributed by atoms with Gasteiger partial charge in [0.1, 0.15) is 21.9 Å². The Morgan fingerprint density at radius 2 is 1.83 bits per heavy atom. The summed E-state index contributed by atoms with van der Waals surface area (Å²) in [6.45, 7) is 11.8. The van der Waals surface area contributed by atoms with Gasteiger partial charge in [-0.05, 0) is 75.6 Å². The standard InChI is InChI=1S/C30H38O5S/c1-20(2)23-16-15-21(3)18-25(23)36-27-24(31)19-30(35-28(27)33,22-12-8-7-9-13-22)17-11-10-14-26(32)34-29(4,5)6/h7-9,12-13,15-16,18,20,31H,10-11,14,17,19H2,1-6H3. The molecule has 0 amide bonds. The number of cyclic esters (lactones) is 1. The van der Waals surface area contributed by atoms with Crippen LogP contribution in [0.25, 0.3) is 0 Å². The quantitative estimate of drug-likeness (QED) is 0.275. The predicted octanol–water partition coefficient (Wildman–Crippen LogP) is 7.72. The lowest BCUT2D eigenvalue weighted by Gasteiger charge is -2.37. The third kappa shape index (κ3) is 7.16. The number of carbonyl (C=O) groups is 2. The van der Waals surface area contributed by atoms with E-state index in [1.807, 2.05) is 64.1 Å². The molecule has 1 unspecified atom stereocenters. The minimum Gasteiger partial charge on any atom is -0.511 e. The number of thioether (sulfide) groups is 1. The average molecular weight is 511 g/mol. The fourth-order valence-electron chi connectivity index (χ4n) is 4.40. The van der Waals surface area contributed by atoms with E-state index in [0.717, 1.165) is 21.6 Å². The van der Waals surface area contributed by atoms with Crippen LogP contribution in [-0.4, -0.2) is 22.6 Å². The van der Waals surface area contributed by atoms with Crippen LogP contribution in [0, 0.1) is 6.92 Å². The maximum absolute atomic E-state index is 13.3. The SMILES string of the molecule is Cc1ccc(C(C)C)c(SC2=C(O)CC(CCCCC(=O)OC(C)(C)C)(c3ccccc3)OC2=O)c1. The van der Waals surface area contributed by atoms with E-state index < -0.39 is 17.2 Å². The lowest BCUT2D eigenvalue weighted by molar-refractivity contribution is -0.161. The van der Waals surface area contributed by atoms with Crippen LogP contribution in [-0.2, 0) is 24.7 Å². The van der Waals surface area contributed by atoms with Crippen molar-refractivity contribution in [2.75, 3.05) is 0 Å². The van der Waals surface area contributed by atoms with Gasteiger partial charge in [0.25, 0.3) is 0 Å². The average Bonchev–Trinajstić information content (AvgIpc) is 2.78. The number of aliphatic hydroxyl groups is 1. The van der Waals surface area contributed by atoms with Gasteiger partial charge in [0, 0.05) is 11.3 Å². The maximum Gasteiger partial charge on any atom is 0.349 e. The van der Waals surface area contributed by atoms with E-state index >= 15 is 0 Å². The highest BCUT2D eigenvalue weighted by atomic mass is 32.2. The molecule has 0 saturated heterocycles. The van der Waals surface area contributed by atoms with Crippen LogP contribution in [0.2, 0.25) is 0 Å². The van der Waals surface area contributed by atoms with E-state index in [-0.39, 0.29) is 29.0 Å². The number of esters is 2. The van der Waals surface area contributed by atoms with Gasteiger partial charge in [-0.1, -0.05) is 68.1 Å². The van der Waals surface area contributed by atoms with Gasteiger partial charge in [0.05, 0.1) is 6.42 Å². The molecule has 1 heterocycles. The summed E-state index contributed by atoms with van der Waals surface area (Å²) in [5, 5.41) is 11.2. The molecule has 194 valence electrons. The molecule has 36 heavy (non-hydrogen) atoms. The Morgan fingerprint density at radius 1 is 1.14 bits per heavy atom. The number of benzene rings is 2. The van der Waals surface area contributed by atoms with Crippen molar-refractivity contribution >= 4 is 23.7 Å². The zero-order chi connectivity index (χ0) is 26.5. The molecular weight excluding hydrogens is 472 g/mol. The first-order valence-electron chi connectivity index (χ1n) is 12.6. The van der Waals surface area contributed by atoms with Crippen LogP contribution >= 0.6 is 11.8 Å². The Kier molecular flexibility index (Phi) is 8.93. The lowest BCUT2D eigenvalue weighted by Crippen LogP contribution is -2.37. The number of aliphatic hydroxyl groups excluding tert-OH is 1. The first kappa shape index (κ1) is 27.9. The van der Waals surface area contributed by atoms with E-state index in [9.17, 15) is 14.7 Å². The van der Waals surface area contributed by atoms with Gasteiger partial charge in [0.2, 0.25) is 0 Å². The van der Waals surface area contributed by atoms with Crippen molar-refractivity contribution < 1.29 is 24.2 Å². The summed E-state index contributed by atoms with van der Waals surface area (Å²) in [6.07, 6.45) is 2.24. The molecule has 5 nitrogen and oxygen atoms in total. The fourth-order valence-corrected chi connectivity index (χ4v) is 5.61. The van der Waals surface area contributed by atoms with Gasteiger partial charge < -0.3 is 14.6 Å². The van der Waals surface area contributed by atoms with Crippen LogP contribution < -0.4 is 0 Å². The van der Waals surface area contributed by atoms with E-state index in [1.165, 1.54) is 11.8 Å². The molecule has 0 saturated carbocycles. The zero-order valence-electron chi connectivity index (χ0n) is 22.2. The summed E-state index contributed by atoms with van der Waals surface area (Å²) in [5.74, 6) is -0.430. The van der Waals surface area contributed by atoms with Gasteiger partial charge in [-0.3, -0.25) is 4.79 Å². The summed E-state index contributed by atoms with van der Waals surface area (Å²) in [6, 6.07) is 15.7. The first-order valence-corrected chi connectivity index (χ1v) is 13.4. The molecule has 3 rings (SSSR count). The molecule has 1 atom stereocenters. The highest BCUT2D eigenvalue weighted by Gasteiger charge is 2.43. The molecule has 6 heteroatoms.